The summed E-state index contributed by atoms with van der Waals surface area (Å²) in [6.45, 7) is 8.87. The normalized spacial score (nSPS) is 15.9. The lowest BCUT2D eigenvalue weighted by molar-refractivity contribution is -0.120. The van der Waals surface area contributed by atoms with E-state index in [-0.39, 0.29) is 17.7 Å². The Labute approximate surface area is 171 Å². The van der Waals surface area contributed by atoms with Crippen LogP contribution in [-0.4, -0.2) is 48.8 Å². The van der Waals surface area contributed by atoms with Crippen molar-refractivity contribution in [2.75, 3.05) is 36.4 Å². The van der Waals surface area contributed by atoms with Crippen LogP contribution in [0.1, 0.15) is 29.8 Å². The number of anilines is 2. The molecule has 2 aromatic rings. The van der Waals surface area contributed by atoms with E-state index in [9.17, 15) is 9.59 Å². The average molecular weight is 400 g/mol. The fraction of sp³-hybridized carbons (Fsp3) is 0.364. The summed E-state index contributed by atoms with van der Waals surface area (Å²) in [5.41, 5.74) is 3.71. The number of nitrogens with zero attached hydrogens (tertiary/aromatic N) is 2. The lowest BCUT2D eigenvalue weighted by Crippen LogP contribution is -2.53. The number of carbonyl (C=O) groups is 2. The maximum absolute atomic E-state index is 12.6. The molecule has 28 heavy (non-hydrogen) atoms. The largest absolute Gasteiger partial charge is 0.369 e. The van der Waals surface area contributed by atoms with Crippen LogP contribution < -0.4 is 10.2 Å². The number of piperazine rings is 1. The average Bonchev–Trinajstić information content (AvgIpc) is 2.69. The Bertz CT molecular complexity index is 859. The number of ketones is 1. The standard InChI is InChI=1S/C22H26ClN3O2/c1-15-4-7-19(23)14-21(15)26-12-10-25(11-13-26)16(2)22(28)24-20-8-5-18(6-9-20)17(3)27/h4-9,14,16H,10-13H2,1-3H3,(H,24,28)/t16-/m1/s1. The van der Waals surface area contributed by atoms with Crippen molar-refractivity contribution in [2.24, 2.45) is 0 Å². The summed E-state index contributed by atoms with van der Waals surface area (Å²) in [6, 6.07) is 12.7. The van der Waals surface area contributed by atoms with E-state index in [2.05, 4.69) is 22.0 Å². The molecule has 0 bridgehead atoms. The van der Waals surface area contributed by atoms with Gasteiger partial charge in [-0.3, -0.25) is 14.5 Å². The first-order valence-corrected chi connectivity index (χ1v) is 9.90. The number of benzene rings is 2. The Balaban J connectivity index is 1.57. The molecule has 0 radical (unpaired) electrons. The van der Waals surface area contributed by atoms with Crippen molar-refractivity contribution in [1.29, 1.82) is 0 Å². The van der Waals surface area contributed by atoms with Gasteiger partial charge in [0.05, 0.1) is 6.04 Å². The van der Waals surface area contributed by atoms with Crippen LogP contribution in [-0.2, 0) is 4.79 Å². The topological polar surface area (TPSA) is 52.7 Å². The lowest BCUT2D eigenvalue weighted by atomic mass is 10.1. The van der Waals surface area contributed by atoms with Crippen molar-refractivity contribution >= 4 is 34.7 Å². The predicted molar refractivity (Wildman–Crippen MR) is 115 cm³/mol. The maximum Gasteiger partial charge on any atom is 0.241 e. The number of aryl methyl sites for hydroxylation is 1. The first kappa shape index (κ1) is 20.4. The molecule has 1 amide bonds. The molecule has 3 rings (SSSR count). The monoisotopic (exact) mass is 399 g/mol. The molecule has 0 aliphatic carbocycles. The molecule has 2 aromatic carbocycles. The fourth-order valence-electron chi connectivity index (χ4n) is 3.47. The molecule has 1 aliphatic heterocycles. The van der Waals surface area contributed by atoms with Gasteiger partial charge in [0, 0.05) is 48.1 Å². The van der Waals surface area contributed by atoms with E-state index in [1.165, 1.54) is 12.5 Å². The molecular formula is C22H26ClN3O2. The third kappa shape index (κ3) is 4.72. The maximum atomic E-state index is 12.6. The molecule has 0 unspecified atom stereocenters. The van der Waals surface area contributed by atoms with Crippen molar-refractivity contribution in [2.45, 2.75) is 26.8 Å². The van der Waals surface area contributed by atoms with Crippen molar-refractivity contribution in [3.05, 3.63) is 58.6 Å². The third-order valence-electron chi connectivity index (χ3n) is 5.31. The molecule has 148 valence electrons. The molecule has 1 aliphatic rings. The zero-order valence-corrected chi connectivity index (χ0v) is 17.3. The second-order valence-electron chi connectivity index (χ2n) is 7.25. The number of carbonyl (C=O) groups excluding carboxylic acids is 2. The van der Waals surface area contributed by atoms with Gasteiger partial charge in [0.2, 0.25) is 5.91 Å². The first-order valence-electron chi connectivity index (χ1n) is 9.52. The minimum absolute atomic E-state index is 0.0130. The second kappa shape index (κ2) is 8.76. The van der Waals surface area contributed by atoms with Crippen molar-refractivity contribution in [3.63, 3.8) is 0 Å². The minimum atomic E-state index is -0.227. The van der Waals surface area contributed by atoms with Crippen molar-refractivity contribution in [3.8, 4) is 0 Å². The molecule has 6 heteroatoms. The van der Waals surface area contributed by atoms with Gasteiger partial charge in [0.25, 0.3) is 0 Å². The molecule has 5 nitrogen and oxygen atoms in total. The molecule has 0 spiro atoms. The molecular weight excluding hydrogens is 374 g/mol. The Morgan fingerprint density at radius 1 is 1.04 bits per heavy atom. The number of rotatable bonds is 5. The van der Waals surface area contributed by atoms with Crippen molar-refractivity contribution in [1.82, 2.24) is 4.90 Å². The van der Waals surface area contributed by atoms with Crippen LogP contribution in [0.3, 0.4) is 0 Å². The quantitative estimate of drug-likeness (QED) is 0.772. The highest BCUT2D eigenvalue weighted by atomic mass is 35.5. The SMILES string of the molecule is CC(=O)c1ccc(NC(=O)[C@@H](C)N2CCN(c3cc(Cl)ccc3C)CC2)cc1. The van der Waals surface area contributed by atoms with Gasteiger partial charge in [-0.2, -0.15) is 0 Å². The van der Waals surface area contributed by atoms with Crippen molar-refractivity contribution < 1.29 is 9.59 Å². The summed E-state index contributed by atoms with van der Waals surface area (Å²) in [4.78, 5) is 28.5. The van der Waals surface area contributed by atoms with E-state index in [1.807, 2.05) is 25.1 Å². The summed E-state index contributed by atoms with van der Waals surface area (Å²) in [5, 5.41) is 3.68. The van der Waals surface area contributed by atoms with E-state index in [0.717, 1.165) is 36.9 Å². The number of hydrogen-bond acceptors (Lipinski definition) is 4. The number of hydrogen-bond donors (Lipinski definition) is 1. The number of amides is 1. The van der Waals surface area contributed by atoms with E-state index in [1.54, 1.807) is 24.3 Å². The fourth-order valence-corrected chi connectivity index (χ4v) is 3.64. The number of Topliss-reactive ketones (excluding diaryl/α,β-unsaturated/α-hetero) is 1. The highest BCUT2D eigenvalue weighted by Crippen LogP contribution is 2.25. The number of halogens is 1. The van der Waals surface area contributed by atoms with Gasteiger partial charge >= 0.3 is 0 Å². The van der Waals surface area contributed by atoms with Gasteiger partial charge in [-0.05, 0) is 62.7 Å². The Kier molecular flexibility index (Phi) is 6.37. The van der Waals surface area contributed by atoms with E-state index < -0.39 is 0 Å². The summed E-state index contributed by atoms with van der Waals surface area (Å²) in [5.74, 6) is -0.0259. The molecule has 1 atom stereocenters. The second-order valence-corrected chi connectivity index (χ2v) is 7.69. The Hall–Kier alpha value is -2.37. The molecule has 1 heterocycles. The van der Waals surface area contributed by atoms with Gasteiger partial charge < -0.3 is 10.2 Å². The van der Waals surface area contributed by atoms with Crippen LogP contribution >= 0.6 is 11.6 Å². The smallest absolute Gasteiger partial charge is 0.241 e. The van der Waals surface area contributed by atoms with Gasteiger partial charge in [-0.25, -0.2) is 0 Å². The lowest BCUT2D eigenvalue weighted by Gasteiger charge is -2.39. The summed E-state index contributed by atoms with van der Waals surface area (Å²) in [7, 11) is 0. The molecule has 1 fully saturated rings. The Morgan fingerprint density at radius 3 is 2.29 bits per heavy atom. The van der Waals surface area contributed by atoms with Gasteiger partial charge in [0.15, 0.2) is 5.78 Å². The van der Waals surface area contributed by atoms with Crippen LogP contribution in [0, 0.1) is 6.92 Å². The van der Waals surface area contributed by atoms with Crippen LogP contribution in [0.25, 0.3) is 0 Å². The van der Waals surface area contributed by atoms with Crippen LogP contribution in [0.4, 0.5) is 11.4 Å². The van der Waals surface area contributed by atoms with E-state index in [0.29, 0.717) is 11.3 Å². The summed E-state index contributed by atoms with van der Waals surface area (Å²) in [6.07, 6.45) is 0. The van der Waals surface area contributed by atoms with Crippen LogP contribution in [0.15, 0.2) is 42.5 Å². The van der Waals surface area contributed by atoms with E-state index >= 15 is 0 Å². The van der Waals surface area contributed by atoms with Gasteiger partial charge in [-0.15, -0.1) is 0 Å². The zero-order chi connectivity index (χ0) is 20.3. The molecule has 1 N–H and O–H groups in total. The van der Waals surface area contributed by atoms with Crippen LogP contribution in [0.5, 0.6) is 0 Å². The first-order chi connectivity index (χ1) is 13.3. The molecule has 0 aromatic heterocycles. The molecule has 0 saturated carbocycles. The van der Waals surface area contributed by atoms with Crippen LogP contribution in [0.2, 0.25) is 5.02 Å². The summed E-state index contributed by atoms with van der Waals surface area (Å²) < 4.78 is 0. The highest BCUT2D eigenvalue weighted by Gasteiger charge is 2.26. The number of nitrogens with one attached hydrogen (secondary N) is 1. The molecule has 1 saturated heterocycles. The minimum Gasteiger partial charge on any atom is -0.369 e. The zero-order valence-electron chi connectivity index (χ0n) is 16.5. The van der Waals surface area contributed by atoms with Gasteiger partial charge in [0.1, 0.15) is 0 Å². The summed E-state index contributed by atoms with van der Waals surface area (Å²) >= 11 is 6.15. The Morgan fingerprint density at radius 2 is 1.68 bits per heavy atom. The van der Waals surface area contributed by atoms with Gasteiger partial charge in [-0.1, -0.05) is 17.7 Å². The highest BCUT2D eigenvalue weighted by molar-refractivity contribution is 6.30. The predicted octanol–water partition coefficient (Wildman–Crippen LogP) is 4.00. The van der Waals surface area contributed by atoms with E-state index in [4.69, 9.17) is 11.6 Å². The third-order valence-corrected chi connectivity index (χ3v) is 5.55.